The van der Waals surface area contributed by atoms with Crippen LogP contribution in [-0.4, -0.2) is 20.0 Å². The number of nitrogens with two attached hydrogens (primary N) is 1. The summed E-state index contributed by atoms with van der Waals surface area (Å²) in [6, 6.07) is 10.8. The van der Waals surface area contributed by atoms with E-state index in [-0.39, 0.29) is 10.7 Å². The van der Waals surface area contributed by atoms with Crippen LogP contribution < -0.4 is 10.5 Å². The lowest BCUT2D eigenvalue weighted by Gasteiger charge is -2.13. The predicted octanol–water partition coefficient (Wildman–Crippen LogP) is 2.27. The average molecular weight is 335 g/mol. The van der Waals surface area contributed by atoms with Crippen molar-refractivity contribution in [2.24, 2.45) is 5.14 Å². The van der Waals surface area contributed by atoms with Crippen molar-refractivity contribution in [2.75, 3.05) is 11.9 Å². The Morgan fingerprint density at radius 3 is 2.61 bits per heavy atom. The van der Waals surface area contributed by atoms with Gasteiger partial charge in [-0.25, -0.2) is 18.5 Å². The van der Waals surface area contributed by atoms with Crippen molar-refractivity contribution in [3.05, 3.63) is 53.7 Å². The first kappa shape index (κ1) is 17.4. The molecular weight excluding hydrogens is 314 g/mol. The SMILES string of the molecule is CCCOCc1ccccc1CNc1ncccc1S(N)(=O)=O. The first-order valence-corrected chi connectivity index (χ1v) is 8.93. The Hall–Kier alpha value is -1.96. The normalized spacial score (nSPS) is 11.4. The van der Waals surface area contributed by atoms with Gasteiger partial charge in [-0.2, -0.15) is 0 Å². The fraction of sp³-hybridized carbons (Fsp3) is 0.312. The van der Waals surface area contributed by atoms with Crippen LogP contribution in [0.1, 0.15) is 24.5 Å². The van der Waals surface area contributed by atoms with E-state index in [0.29, 0.717) is 19.8 Å². The van der Waals surface area contributed by atoms with Crippen LogP contribution >= 0.6 is 0 Å². The molecule has 124 valence electrons. The highest BCUT2D eigenvalue weighted by atomic mass is 32.2. The molecule has 0 aliphatic rings. The summed E-state index contributed by atoms with van der Waals surface area (Å²) in [5, 5.41) is 8.25. The van der Waals surface area contributed by atoms with Crippen LogP contribution in [0.25, 0.3) is 0 Å². The molecule has 0 bridgehead atoms. The van der Waals surface area contributed by atoms with Gasteiger partial charge in [-0.3, -0.25) is 0 Å². The maximum Gasteiger partial charge on any atom is 0.241 e. The van der Waals surface area contributed by atoms with E-state index in [1.807, 2.05) is 24.3 Å². The monoisotopic (exact) mass is 335 g/mol. The van der Waals surface area contributed by atoms with Gasteiger partial charge in [-0.1, -0.05) is 31.2 Å². The second-order valence-electron chi connectivity index (χ2n) is 5.07. The third kappa shape index (κ3) is 5.02. The Morgan fingerprint density at radius 2 is 1.91 bits per heavy atom. The summed E-state index contributed by atoms with van der Waals surface area (Å²) in [5.41, 5.74) is 2.08. The average Bonchev–Trinajstić information content (AvgIpc) is 2.53. The van der Waals surface area contributed by atoms with E-state index in [9.17, 15) is 8.42 Å². The summed E-state index contributed by atoms with van der Waals surface area (Å²) in [6.07, 6.45) is 2.49. The molecule has 2 aromatic rings. The van der Waals surface area contributed by atoms with Gasteiger partial charge in [0.15, 0.2) is 0 Å². The summed E-state index contributed by atoms with van der Waals surface area (Å²) < 4.78 is 28.7. The molecule has 0 aliphatic heterocycles. The number of benzene rings is 1. The Balaban J connectivity index is 2.13. The van der Waals surface area contributed by atoms with Gasteiger partial charge in [0.1, 0.15) is 10.7 Å². The van der Waals surface area contributed by atoms with Crippen molar-refractivity contribution in [1.82, 2.24) is 4.98 Å². The summed E-state index contributed by atoms with van der Waals surface area (Å²) in [7, 11) is -3.82. The largest absolute Gasteiger partial charge is 0.377 e. The highest BCUT2D eigenvalue weighted by Gasteiger charge is 2.14. The van der Waals surface area contributed by atoms with Gasteiger partial charge in [-0.05, 0) is 29.7 Å². The van der Waals surface area contributed by atoms with Crippen LogP contribution in [-0.2, 0) is 27.9 Å². The molecule has 1 aromatic heterocycles. The van der Waals surface area contributed by atoms with Crippen molar-refractivity contribution < 1.29 is 13.2 Å². The lowest BCUT2D eigenvalue weighted by molar-refractivity contribution is 0.121. The third-order valence-corrected chi connectivity index (χ3v) is 4.19. The van der Waals surface area contributed by atoms with E-state index in [1.54, 1.807) is 0 Å². The number of aromatic nitrogens is 1. The van der Waals surface area contributed by atoms with E-state index in [2.05, 4.69) is 17.2 Å². The molecule has 2 rings (SSSR count). The molecule has 3 N–H and O–H groups in total. The molecule has 0 aliphatic carbocycles. The van der Waals surface area contributed by atoms with E-state index >= 15 is 0 Å². The first-order chi connectivity index (χ1) is 11.0. The molecule has 0 unspecified atom stereocenters. The van der Waals surface area contributed by atoms with E-state index in [1.165, 1.54) is 18.3 Å². The van der Waals surface area contributed by atoms with Crippen molar-refractivity contribution in [2.45, 2.75) is 31.4 Å². The van der Waals surface area contributed by atoms with Crippen LogP contribution in [0.4, 0.5) is 5.82 Å². The van der Waals surface area contributed by atoms with Gasteiger partial charge < -0.3 is 10.1 Å². The van der Waals surface area contributed by atoms with Gasteiger partial charge >= 0.3 is 0 Å². The molecule has 7 heteroatoms. The van der Waals surface area contributed by atoms with Crippen molar-refractivity contribution >= 4 is 15.8 Å². The van der Waals surface area contributed by atoms with Crippen molar-refractivity contribution in [1.29, 1.82) is 0 Å². The Kier molecular flexibility index (Phi) is 6.09. The minimum atomic E-state index is -3.82. The second-order valence-corrected chi connectivity index (χ2v) is 6.60. The summed E-state index contributed by atoms with van der Waals surface area (Å²) in [6.45, 7) is 3.72. The summed E-state index contributed by atoms with van der Waals surface area (Å²) in [4.78, 5) is 4.05. The third-order valence-electron chi connectivity index (χ3n) is 3.25. The molecule has 6 nitrogen and oxygen atoms in total. The summed E-state index contributed by atoms with van der Waals surface area (Å²) >= 11 is 0. The lowest BCUT2D eigenvalue weighted by atomic mass is 10.1. The molecule has 0 spiro atoms. The van der Waals surface area contributed by atoms with Gasteiger partial charge in [-0.15, -0.1) is 0 Å². The Labute approximate surface area is 136 Å². The quantitative estimate of drug-likeness (QED) is 0.722. The highest BCUT2D eigenvalue weighted by Crippen LogP contribution is 2.18. The van der Waals surface area contributed by atoms with E-state index < -0.39 is 10.0 Å². The Morgan fingerprint density at radius 1 is 1.17 bits per heavy atom. The Bertz CT molecular complexity index is 748. The predicted molar refractivity (Wildman–Crippen MR) is 89.3 cm³/mol. The zero-order valence-electron chi connectivity index (χ0n) is 13.0. The number of hydrogen-bond donors (Lipinski definition) is 2. The minimum Gasteiger partial charge on any atom is -0.377 e. The smallest absolute Gasteiger partial charge is 0.241 e. The zero-order chi connectivity index (χ0) is 16.7. The molecule has 1 heterocycles. The topological polar surface area (TPSA) is 94.3 Å². The van der Waals surface area contributed by atoms with Crippen LogP contribution in [0, 0.1) is 0 Å². The number of pyridine rings is 1. The van der Waals surface area contributed by atoms with Crippen molar-refractivity contribution in [3.63, 3.8) is 0 Å². The molecular formula is C16H21N3O3S. The number of sulfonamides is 1. The first-order valence-electron chi connectivity index (χ1n) is 7.38. The second kappa shape index (κ2) is 8.05. The molecule has 0 radical (unpaired) electrons. The van der Waals surface area contributed by atoms with E-state index in [4.69, 9.17) is 9.88 Å². The number of nitrogens with zero attached hydrogens (tertiary/aromatic N) is 1. The van der Waals surface area contributed by atoms with E-state index in [0.717, 1.165) is 17.5 Å². The molecule has 23 heavy (non-hydrogen) atoms. The maximum atomic E-state index is 11.6. The minimum absolute atomic E-state index is 0.0142. The fourth-order valence-corrected chi connectivity index (χ4v) is 2.79. The van der Waals surface area contributed by atoms with Crippen LogP contribution in [0.5, 0.6) is 0 Å². The zero-order valence-corrected chi connectivity index (χ0v) is 13.8. The number of ether oxygens (including phenoxy) is 1. The standard InChI is InChI=1S/C16H21N3O3S/c1-2-10-22-12-14-7-4-3-6-13(14)11-19-16-15(23(17,20)21)8-5-9-18-16/h3-9H,2,10-12H2,1H3,(H,18,19)(H2,17,20,21). The number of rotatable bonds is 8. The maximum absolute atomic E-state index is 11.6. The van der Waals surface area contributed by atoms with Gasteiger partial charge in [0.2, 0.25) is 10.0 Å². The van der Waals surface area contributed by atoms with Gasteiger partial charge in [0.05, 0.1) is 6.61 Å². The molecule has 0 saturated carbocycles. The molecule has 0 atom stereocenters. The molecule has 0 fully saturated rings. The van der Waals surface area contributed by atoms with Gasteiger partial charge in [0.25, 0.3) is 0 Å². The fourth-order valence-electron chi connectivity index (χ4n) is 2.13. The van der Waals surface area contributed by atoms with Crippen molar-refractivity contribution in [3.8, 4) is 0 Å². The highest BCUT2D eigenvalue weighted by molar-refractivity contribution is 7.89. The number of anilines is 1. The number of nitrogens with one attached hydrogen (secondary N) is 1. The number of hydrogen-bond acceptors (Lipinski definition) is 5. The number of primary sulfonamides is 1. The lowest BCUT2D eigenvalue weighted by Crippen LogP contribution is -2.16. The molecule has 0 amide bonds. The summed E-state index contributed by atoms with van der Waals surface area (Å²) in [5.74, 6) is 0.249. The van der Waals surface area contributed by atoms with Crippen LogP contribution in [0.3, 0.4) is 0 Å². The van der Waals surface area contributed by atoms with Crippen LogP contribution in [0.2, 0.25) is 0 Å². The molecule has 0 saturated heterocycles. The van der Waals surface area contributed by atoms with Crippen LogP contribution in [0.15, 0.2) is 47.5 Å². The van der Waals surface area contributed by atoms with Gasteiger partial charge in [0, 0.05) is 19.3 Å². The molecule has 1 aromatic carbocycles.